The van der Waals surface area contributed by atoms with E-state index in [0.717, 1.165) is 0 Å². The third-order valence-electron chi connectivity index (χ3n) is 4.89. The van der Waals surface area contributed by atoms with Gasteiger partial charge in [-0.1, -0.05) is 29.8 Å². The molecule has 0 aliphatic carbocycles. The zero-order valence-corrected chi connectivity index (χ0v) is 18.7. The number of nitriles is 1. The quantitative estimate of drug-likeness (QED) is 0.365. The fourth-order valence-corrected chi connectivity index (χ4v) is 3.32. The number of hydrogen-bond donors (Lipinski definition) is 3. The van der Waals surface area contributed by atoms with Crippen molar-refractivity contribution in [2.45, 2.75) is 0 Å². The normalized spacial score (nSPS) is 10.3. The van der Waals surface area contributed by atoms with E-state index in [4.69, 9.17) is 16.3 Å². The Morgan fingerprint density at radius 2 is 1.76 bits per heavy atom. The van der Waals surface area contributed by atoms with Crippen LogP contribution in [0.3, 0.4) is 0 Å². The van der Waals surface area contributed by atoms with Crippen LogP contribution in [0.5, 0.6) is 5.75 Å². The van der Waals surface area contributed by atoms with E-state index in [1.807, 2.05) is 6.07 Å². The number of carbonyl (C=O) groups excluding carboxylic acids is 1. The molecule has 0 aliphatic heterocycles. The van der Waals surface area contributed by atoms with Gasteiger partial charge in [-0.15, -0.1) is 0 Å². The maximum atomic E-state index is 12.5. The van der Waals surface area contributed by atoms with Crippen LogP contribution in [0, 0.1) is 11.3 Å². The molecule has 0 atom stereocenters. The van der Waals surface area contributed by atoms with Crippen molar-refractivity contribution < 1.29 is 9.53 Å². The largest absolute Gasteiger partial charge is 0.497 e. The molecule has 0 bridgehead atoms. The summed E-state index contributed by atoms with van der Waals surface area (Å²) in [5, 5.41) is 15.9. The number of aromatic amines is 1. The van der Waals surface area contributed by atoms with Gasteiger partial charge in [0, 0.05) is 27.5 Å². The molecular weight excluding hydrogens is 454 g/mol. The first-order valence-corrected chi connectivity index (χ1v) is 10.5. The van der Waals surface area contributed by atoms with Crippen molar-refractivity contribution in [3.05, 3.63) is 99.3 Å². The molecule has 0 saturated carbocycles. The first kappa shape index (κ1) is 22.6. The second-order valence-electron chi connectivity index (χ2n) is 7.15. The fourth-order valence-electron chi connectivity index (χ4n) is 3.19. The molecule has 0 spiro atoms. The Bertz CT molecular complexity index is 1440. The number of nitrogens with one attached hydrogen (secondary N) is 3. The maximum absolute atomic E-state index is 12.5. The highest BCUT2D eigenvalue weighted by atomic mass is 35.5. The van der Waals surface area contributed by atoms with E-state index in [-0.39, 0.29) is 23.1 Å². The Labute approximate surface area is 199 Å². The number of H-pyrrole nitrogens is 1. The van der Waals surface area contributed by atoms with E-state index < -0.39 is 5.56 Å². The van der Waals surface area contributed by atoms with Crippen LogP contribution in [0.4, 0.5) is 17.3 Å². The van der Waals surface area contributed by atoms with Crippen LogP contribution < -0.4 is 20.9 Å². The van der Waals surface area contributed by atoms with Crippen LogP contribution in [0.1, 0.15) is 15.9 Å². The lowest BCUT2D eigenvalue weighted by molar-refractivity contribution is 0.102. The number of hydrogen-bond acceptors (Lipinski definition) is 6. The highest BCUT2D eigenvalue weighted by Crippen LogP contribution is 2.24. The summed E-state index contributed by atoms with van der Waals surface area (Å²) in [4.78, 5) is 32.0. The van der Waals surface area contributed by atoms with Gasteiger partial charge >= 0.3 is 0 Å². The lowest BCUT2D eigenvalue weighted by atomic mass is 10.1. The van der Waals surface area contributed by atoms with Crippen LogP contribution in [0.25, 0.3) is 11.3 Å². The van der Waals surface area contributed by atoms with Gasteiger partial charge in [-0.25, -0.2) is 4.98 Å². The van der Waals surface area contributed by atoms with E-state index in [1.54, 1.807) is 72.8 Å². The van der Waals surface area contributed by atoms with Gasteiger partial charge in [-0.05, 0) is 54.6 Å². The first-order chi connectivity index (χ1) is 16.5. The van der Waals surface area contributed by atoms with Gasteiger partial charge in [0.15, 0.2) is 0 Å². The summed E-state index contributed by atoms with van der Waals surface area (Å²) in [6.45, 7) is 0. The molecule has 3 N–H and O–H groups in total. The van der Waals surface area contributed by atoms with E-state index in [0.29, 0.717) is 33.3 Å². The highest BCUT2D eigenvalue weighted by molar-refractivity contribution is 6.30. The van der Waals surface area contributed by atoms with Crippen LogP contribution in [0.15, 0.2) is 77.6 Å². The number of aromatic nitrogens is 2. The molecular formula is C25H18ClN5O3. The van der Waals surface area contributed by atoms with Crippen LogP contribution >= 0.6 is 11.6 Å². The van der Waals surface area contributed by atoms with Gasteiger partial charge in [-0.3, -0.25) is 14.6 Å². The predicted molar refractivity (Wildman–Crippen MR) is 131 cm³/mol. The Balaban J connectivity index is 1.59. The second-order valence-corrected chi connectivity index (χ2v) is 7.58. The lowest BCUT2D eigenvalue weighted by Gasteiger charge is -2.10. The fraction of sp³-hybridized carbons (Fsp3) is 0.0400. The van der Waals surface area contributed by atoms with E-state index >= 15 is 0 Å². The van der Waals surface area contributed by atoms with Gasteiger partial charge in [0.05, 0.1) is 12.8 Å². The molecule has 4 aromatic rings. The molecule has 9 heteroatoms. The van der Waals surface area contributed by atoms with E-state index in [2.05, 4.69) is 20.6 Å². The van der Waals surface area contributed by atoms with E-state index in [9.17, 15) is 14.9 Å². The molecule has 0 unspecified atom stereocenters. The summed E-state index contributed by atoms with van der Waals surface area (Å²) >= 11 is 5.91. The third kappa shape index (κ3) is 5.06. The molecule has 1 heterocycles. The molecule has 0 fully saturated rings. The van der Waals surface area contributed by atoms with Crippen molar-refractivity contribution in [1.29, 1.82) is 5.26 Å². The standard InChI is InChI=1S/C25H18ClN5O3/c1-34-20-4-2-3-16(13-20)23(32)28-18-9-5-15(6-10-18)22-21(14-27)24(33)31-25(30-22)29-19-11-7-17(26)8-12-19/h2-13H,1H3,(H,28,32)(H2,29,30,31,33). The average Bonchev–Trinajstić information content (AvgIpc) is 2.85. The molecule has 8 nitrogen and oxygen atoms in total. The zero-order chi connectivity index (χ0) is 24.1. The van der Waals surface area contributed by atoms with Crippen molar-refractivity contribution >= 4 is 34.8 Å². The maximum Gasteiger partial charge on any atom is 0.270 e. The van der Waals surface area contributed by atoms with Crippen LogP contribution in [0.2, 0.25) is 5.02 Å². The summed E-state index contributed by atoms with van der Waals surface area (Å²) in [6, 6.07) is 22.3. The van der Waals surface area contributed by atoms with Gasteiger partial charge in [0.2, 0.25) is 5.95 Å². The number of ether oxygens (including phenoxy) is 1. The monoisotopic (exact) mass is 471 g/mol. The Morgan fingerprint density at radius 1 is 1.06 bits per heavy atom. The zero-order valence-electron chi connectivity index (χ0n) is 17.9. The summed E-state index contributed by atoms with van der Waals surface area (Å²) < 4.78 is 5.15. The molecule has 168 valence electrons. The van der Waals surface area contributed by atoms with Crippen molar-refractivity contribution in [3.8, 4) is 23.1 Å². The number of amides is 1. The molecule has 1 amide bonds. The number of nitrogens with zero attached hydrogens (tertiary/aromatic N) is 2. The van der Waals surface area contributed by atoms with Crippen LogP contribution in [-0.2, 0) is 0 Å². The van der Waals surface area contributed by atoms with Gasteiger partial charge in [-0.2, -0.15) is 5.26 Å². The minimum Gasteiger partial charge on any atom is -0.497 e. The number of benzene rings is 3. The third-order valence-corrected chi connectivity index (χ3v) is 5.14. The van der Waals surface area contributed by atoms with E-state index in [1.165, 1.54) is 7.11 Å². The Kier molecular flexibility index (Phi) is 6.57. The van der Waals surface area contributed by atoms with Gasteiger partial charge < -0.3 is 15.4 Å². The molecule has 0 saturated heterocycles. The molecule has 0 radical (unpaired) electrons. The summed E-state index contributed by atoms with van der Waals surface area (Å²) in [5.41, 5.74) is 1.73. The number of methoxy groups -OCH3 is 1. The number of anilines is 3. The first-order valence-electron chi connectivity index (χ1n) is 10.1. The number of rotatable bonds is 6. The van der Waals surface area contributed by atoms with Crippen molar-refractivity contribution in [2.24, 2.45) is 0 Å². The molecule has 3 aromatic carbocycles. The van der Waals surface area contributed by atoms with Gasteiger partial charge in [0.25, 0.3) is 11.5 Å². The van der Waals surface area contributed by atoms with Crippen molar-refractivity contribution in [3.63, 3.8) is 0 Å². The number of halogens is 1. The minimum absolute atomic E-state index is 0.116. The summed E-state index contributed by atoms with van der Waals surface area (Å²) in [6.07, 6.45) is 0. The Morgan fingerprint density at radius 3 is 2.44 bits per heavy atom. The Hall–Kier alpha value is -4.61. The molecule has 4 rings (SSSR count). The van der Waals surface area contributed by atoms with Gasteiger partial charge in [0.1, 0.15) is 17.4 Å². The topological polar surface area (TPSA) is 120 Å². The molecule has 1 aromatic heterocycles. The second kappa shape index (κ2) is 9.90. The summed E-state index contributed by atoms with van der Waals surface area (Å²) in [7, 11) is 1.53. The van der Waals surface area contributed by atoms with Crippen LogP contribution in [-0.4, -0.2) is 23.0 Å². The SMILES string of the molecule is COc1cccc(C(=O)Nc2ccc(-c3nc(Nc4ccc(Cl)cc4)[nH]c(=O)c3C#N)cc2)c1. The predicted octanol–water partition coefficient (Wildman–Crippen LogP) is 4.97. The van der Waals surface area contributed by atoms with Crippen molar-refractivity contribution in [2.75, 3.05) is 17.7 Å². The number of carbonyl (C=O) groups is 1. The minimum atomic E-state index is -0.570. The average molecular weight is 472 g/mol. The molecule has 0 aliphatic rings. The van der Waals surface area contributed by atoms with Crippen molar-refractivity contribution in [1.82, 2.24) is 9.97 Å². The highest BCUT2D eigenvalue weighted by Gasteiger charge is 2.14. The smallest absolute Gasteiger partial charge is 0.270 e. The molecule has 34 heavy (non-hydrogen) atoms. The lowest BCUT2D eigenvalue weighted by Crippen LogP contribution is -2.16. The summed E-state index contributed by atoms with van der Waals surface area (Å²) in [5.74, 6) is 0.459.